The molecule has 0 spiro atoms. The van der Waals surface area contributed by atoms with Crippen LogP contribution >= 0.6 is 0 Å². The zero-order valence-electron chi connectivity index (χ0n) is 25.5. The second-order valence-corrected chi connectivity index (χ2v) is 14.9. The maximum Gasteiger partial charge on any atom is -0.0321 e. The molecule has 11 unspecified atom stereocenters. The van der Waals surface area contributed by atoms with Crippen LogP contribution in [0.5, 0.6) is 0 Å². The highest BCUT2D eigenvalue weighted by molar-refractivity contribution is 4.98. The van der Waals surface area contributed by atoms with Crippen molar-refractivity contribution in [1.29, 1.82) is 0 Å². The van der Waals surface area contributed by atoms with E-state index < -0.39 is 0 Å². The van der Waals surface area contributed by atoms with Crippen molar-refractivity contribution in [2.24, 2.45) is 65.1 Å². The minimum absolute atomic E-state index is 1.01. The van der Waals surface area contributed by atoms with Gasteiger partial charge in [-0.05, 0) is 110 Å². The molecule has 5 saturated carbocycles. The lowest BCUT2D eigenvalue weighted by Crippen LogP contribution is -2.44. The largest absolute Gasteiger partial charge is 0.0654 e. The summed E-state index contributed by atoms with van der Waals surface area (Å²) in [5, 5.41) is 0. The van der Waals surface area contributed by atoms with Crippen molar-refractivity contribution < 1.29 is 0 Å². The normalized spacial score (nSPS) is 45.1. The zero-order valence-corrected chi connectivity index (χ0v) is 25.5. The highest BCUT2D eigenvalue weighted by Crippen LogP contribution is 2.57. The third-order valence-electron chi connectivity index (χ3n) is 12.8. The third kappa shape index (κ3) is 6.95. The molecule has 0 bridgehead atoms. The molecule has 0 N–H and O–H groups in total. The molecular weight excluding hydrogens is 432 g/mol. The molecule has 0 radical (unpaired) electrons. The van der Waals surface area contributed by atoms with Gasteiger partial charge in [-0.1, -0.05) is 118 Å². The smallest absolute Gasteiger partial charge is 0.0321 e. The van der Waals surface area contributed by atoms with Crippen LogP contribution in [0.25, 0.3) is 0 Å². The summed E-state index contributed by atoms with van der Waals surface area (Å²) < 4.78 is 0. The lowest BCUT2D eigenvalue weighted by Gasteiger charge is -2.51. The average molecular weight is 499 g/mol. The van der Waals surface area contributed by atoms with Gasteiger partial charge in [0.2, 0.25) is 0 Å². The Hall–Kier alpha value is 0. The quantitative estimate of drug-likeness (QED) is 0.327. The first-order valence-electron chi connectivity index (χ1n) is 17.6. The Morgan fingerprint density at radius 1 is 0.556 bits per heavy atom. The lowest BCUT2D eigenvalue weighted by atomic mass is 9.54. The second kappa shape index (κ2) is 14.4. The fourth-order valence-electron chi connectivity index (χ4n) is 11.0. The van der Waals surface area contributed by atoms with E-state index in [0.717, 1.165) is 65.1 Å². The molecule has 0 heterocycles. The lowest BCUT2D eigenvalue weighted by molar-refractivity contribution is -0.0197. The van der Waals surface area contributed by atoms with E-state index in [1.54, 1.807) is 64.2 Å². The molecule has 210 valence electrons. The minimum atomic E-state index is 1.01. The van der Waals surface area contributed by atoms with Crippen molar-refractivity contribution in [2.45, 2.75) is 163 Å². The SMILES string of the molecule is CCC1CCCCC1C1CCC(C)C1.CCCCC1C(C)CC2CCCC2C1C1CCCCC1CC. The molecule has 5 aliphatic carbocycles. The van der Waals surface area contributed by atoms with Gasteiger partial charge in [0.15, 0.2) is 0 Å². The van der Waals surface area contributed by atoms with Gasteiger partial charge in [-0.2, -0.15) is 0 Å². The number of rotatable bonds is 7. The molecule has 11 atom stereocenters. The van der Waals surface area contributed by atoms with Crippen LogP contribution in [0.2, 0.25) is 0 Å². The Morgan fingerprint density at radius 3 is 1.81 bits per heavy atom. The molecular formula is C36H66. The van der Waals surface area contributed by atoms with Gasteiger partial charge in [0, 0.05) is 0 Å². The maximum absolute atomic E-state index is 2.62. The Balaban J connectivity index is 0.000000187. The fourth-order valence-corrected chi connectivity index (χ4v) is 11.0. The number of hydrogen-bond acceptors (Lipinski definition) is 0. The van der Waals surface area contributed by atoms with Crippen LogP contribution in [0.3, 0.4) is 0 Å². The second-order valence-electron chi connectivity index (χ2n) is 14.9. The number of unbranched alkanes of at least 4 members (excludes halogenated alkanes) is 1. The summed E-state index contributed by atoms with van der Waals surface area (Å²) in [5.74, 6) is 11.9. The molecule has 36 heavy (non-hydrogen) atoms. The summed E-state index contributed by atoms with van der Waals surface area (Å²) in [4.78, 5) is 0. The van der Waals surface area contributed by atoms with Gasteiger partial charge in [0.1, 0.15) is 0 Å². The molecule has 5 fully saturated rings. The van der Waals surface area contributed by atoms with Gasteiger partial charge >= 0.3 is 0 Å². The van der Waals surface area contributed by atoms with Crippen LogP contribution < -0.4 is 0 Å². The van der Waals surface area contributed by atoms with Gasteiger partial charge in [-0.25, -0.2) is 0 Å². The highest BCUT2D eigenvalue weighted by Gasteiger charge is 2.48. The van der Waals surface area contributed by atoms with E-state index in [0.29, 0.717) is 0 Å². The van der Waals surface area contributed by atoms with E-state index in [1.807, 2.05) is 0 Å². The number of fused-ring (bicyclic) bond motifs is 1. The summed E-state index contributed by atoms with van der Waals surface area (Å²) in [6.45, 7) is 12.3. The van der Waals surface area contributed by atoms with Crippen LogP contribution in [0.1, 0.15) is 163 Å². The van der Waals surface area contributed by atoms with Gasteiger partial charge in [0.25, 0.3) is 0 Å². The molecule has 0 aromatic heterocycles. The molecule has 0 aromatic rings. The molecule has 0 aromatic carbocycles. The molecule has 0 saturated heterocycles. The molecule has 0 nitrogen and oxygen atoms in total. The van der Waals surface area contributed by atoms with Gasteiger partial charge in [0.05, 0.1) is 0 Å². The molecule has 0 aliphatic heterocycles. The Morgan fingerprint density at radius 2 is 1.17 bits per heavy atom. The highest BCUT2D eigenvalue weighted by atomic mass is 14.5. The Labute approximate surface area is 227 Å². The van der Waals surface area contributed by atoms with Crippen LogP contribution in [0.4, 0.5) is 0 Å². The summed E-state index contributed by atoms with van der Waals surface area (Å²) in [7, 11) is 0. The van der Waals surface area contributed by atoms with Gasteiger partial charge in [-0.15, -0.1) is 0 Å². The van der Waals surface area contributed by atoms with Crippen molar-refractivity contribution in [1.82, 2.24) is 0 Å². The van der Waals surface area contributed by atoms with Crippen LogP contribution in [-0.2, 0) is 0 Å². The van der Waals surface area contributed by atoms with Gasteiger partial charge in [-0.3, -0.25) is 0 Å². The number of hydrogen-bond donors (Lipinski definition) is 0. The van der Waals surface area contributed by atoms with E-state index in [1.165, 1.54) is 64.2 Å². The maximum atomic E-state index is 2.62. The van der Waals surface area contributed by atoms with Crippen molar-refractivity contribution in [3.63, 3.8) is 0 Å². The molecule has 5 rings (SSSR count). The minimum Gasteiger partial charge on any atom is -0.0654 e. The summed E-state index contributed by atoms with van der Waals surface area (Å²) >= 11 is 0. The van der Waals surface area contributed by atoms with E-state index in [-0.39, 0.29) is 0 Å². The molecule has 0 heteroatoms. The van der Waals surface area contributed by atoms with E-state index in [9.17, 15) is 0 Å². The molecule has 5 aliphatic rings. The van der Waals surface area contributed by atoms with Crippen LogP contribution in [-0.4, -0.2) is 0 Å². The van der Waals surface area contributed by atoms with E-state index in [2.05, 4.69) is 34.6 Å². The first-order chi connectivity index (χ1) is 17.6. The predicted octanol–water partition coefficient (Wildman–Crippen LogP) is 11.7. The van der Waals surface area contributed by atoms with Crippen molar-refractivity contribution in [2.75, 3.05) is 0 Å². The zero-order chi connectivity index (χ0) is 25.5. The predicted molar refractivity (Wildman–Crippen MR) is 159 cm³/mol. The van der Waals surface area contributed by atoms with Crippen molar-refractivity contribution >= 4 is 0 Å². The monoisotopic (exact) mass is 499 g/mol. The fraction of sp³-hybridized carbons (Fsp3) is 1.00. The summed E-state index contributed by atoms with van der Waals surface area (Å²) in [6.07, 6.45) is 30.4. The topological polar surface area (TPSA) is 0 Å². The standard InChI is InChI=1S/C22H40.C14H26/c1-4-6-12-19-16(3)15-18-11-9-14-21(18)22(19)20-13-8-7-10-17(20)5-2;1-3-12-6-4-5-7-14(12)13-9-8-11(2)10-13/h16-22H,4-15H2,1-3H3;11-14H,3-10H2,1-2H3. The third-order valence-corrected chi connectivity index (χ3v) is 12.8. The first kappa shape index (κ1) is 29.0. The Bertz CT molecular complexity index is 607. The van der Waals surface area contributed by atoms with Crippen molar-refractivity contribution in [3.8, 4) is 0 Å². The Kier molecular flexibility index (Phi) is 11.6. The van der Waals surface area contributed by atoms with Crippen LogP contribution in [0.15, 0.2) is 0 Å². The van der Waals surface area contributed by atoms with E-state index >= 15 is 0 Å². The van der Waals surface area contributed by atoms with E-state index in [4.69, 9.17) is 0 Å². The first-order valence-corrected chi connectivity index (χ1v) is 17.6. The molecule has 0 amide bonds. The van der Waals surface area contributed by atoms with Gasteiger partial charge < -0.3 is 0 Å². The van der Waals surface area contributed by atoms with Crippen LogP contribution in [0, 0.1) is 65.1 Å². The van der Waals surface area contributed by atoms with Crippen molar-refractivity contribution in [3.05, 3.63) is 0 Å². The summed E-state index contributed by atoms with van der Waals surface area (Å²) in [6, 6.07) is 0. The average Bonchev–Trinajstić information content (AvgIpc) is 3.56. The summed E-state index contributed by atoms with van der Waals surface area (Å²) in [5.41, 5.74) is 0.